The van der Waals surface area contributed by atoms with Gasteiger partial charge >= 0.3 is 5.97 Å². The molecule has 0 aliphatic heterocycles. The zero-order valence-electron chi connectivity index (χ0n) is 9.43. The SMILES string of the molecule is CNS(=O)(=O)N[C@@H](Cc1cnc[nH]1)C(=O)OC. The van der Waals surface area contributed by atoms with Crippen LogP contribution in [-0.2, 0) is 26.2 Å². The van der Waals surface area contributed by atoms with Gasteiger partial charge in [-0.1, -0.05) is 0 Å². The van der Waals surface area contributed by atoms with Crippen LogP contribution in [0.4, 0.5) is 0 Å². The van der Waals surface area contributed by atoms with Crippen molar-refractivity contribution in [1.29, 1.82) is 0 Å². The summed E-state index contributed by atoms with van der Waals surface area (Å²) in [7, 11) is -1.28. The smallest absolute Gasteiger partial charge is 0.324 e. The molecule has 0 aromatic carbocycles. The summed E-state index contributed by atoms with van der Waals surface area (Å²) in [4.78, 5) is 18.0. The maximum atomic E-state index is 11.4. The molecule has 1 aromatic heterocycles. The number of carbonyl (C=O) groups excluding carboxylic acids is 1. The minimum Gasteiger partial charge on any atom is -0.468 e. The van der Waals surface area contributed by atoms with Crippen molar-refractivity contribution in [3.05, 3.63) is 18.2 Å². The van der Waals surface area contributed by atoms with Crippen molar-refractivity contribution < 1.29 is 17.9 Å². The van der Waals surface area contributed by atoms with Crippen LogP contribution in [0.3, 0.4) is 0 Å². The highest BCUT2D eigenvalue weighted by molar-refractivity contribution is 7.87. The number of hydrogen-bond donors (Lipinski definition) is 3. The van der Waals surface area contributed by atoms with Crippen LogP contribution in [0.2, 0.25) is 0 Å². The molecule has 0 spiro atoms. The number of methoxy groups -OCH3 is 1. The van der Waals surface area contributed by atoms with Crippen LogP contribution >= 0.6 is 0 Å². The van der Waals surface area contributed by atoms with Crippen LogP contribution in [-0.4, -0.2) is 44.6 Å². The van der Waals surface area contributed by atoms with Crippen LogP contribution in [0.5, 0.6) is 0 Å². The minimum absolute atomic E-state index is 0.133. The van der Waals surface area contributed by atoms with Gasteiger partial charge in [-0.2, -0.15) is 13.1 Å². The van der Waals surface area contributed by atoms with Crippen molar-refractivity contribution in [3.8, 4) is 0 Å². The summed E-state index contributed by atoms with van der Waals surface area (Å²) in [6.45, 7) is 0. The molecule has 3 N–H and O–H groups in total. The molecule has 0 radical (unpaired) electrons. The first-order valence-electron chi connectivity index (χ1n) is 4.74. The molecule has 96 valence electrons. The second kappa shape index (κ2) is 5.75. The lowest BCUT2D eigenvalue weighted by Crippen LogP contribution is -2.47. The summed E-state index contributed by atoms with van der Waals surface area (Å²) >= 11 is 0. The van der Waals surface area contributed by atoms with Crippen LogP contribution in [0.1, 0.15) is 5.69 Å². The first-order chi connectivity index (χ1) is 7.98. The Labute approximate surface area is 99.0 Å². The highest BCUT2D eigenvalue weighted by Crippen LogP contribution is 2.01. The van der Waals surface area contributed by atoms with Crippen molar-refractivity contribution >= 4 is 16.2 Å². The molecule has 0 aliphatic rings. The zero-order valence-corrected chi connectivity index (χ0v) is 10.2. The fourth-order valence-corrected chi connectivity index (χ4v) is 1.85. The maximum absolute atomic E-state index is 11.4. The predicted octanol–water partition coefficient (Wildman–Crippen LogP) is -1.45. The predicted molar refractivity (Wildman–Crippen MR) is 59.2 cm³/mol. The number of imidazole rings is 1. The van der Waals surface area contributed by atoms with Gasteiger partial charge in [-0.25, -0.2) is 9.71 Å². The van der Waals surface area contributed by atoms with Crippen molar-refractivity contribution in [2.45, 2.75) is 12.5 Å². The van der Waals surface area contributed by atoms with E-state index < -0.39 is 22.2 Å². The van der Waals surface area contributed by atoms with Crippen molar-refractivity contribution in [1.82, 2.24) is 19.4 Å². The number of nitrogens with zero attached hydrogens (tertiary/aromatic N) is 1. The fraction of sp³-hybridized carbons (Fsp3) is 0.500. The lowest BCUT2D eigenvalue weighted by Gasteiger charge is -2.15. The zero-order chi connectivity index (χ0) is 12.9. The second-order valence-electron chi connectivity index (χ2n) is 3.18. The quantitative estimate of drug-likeness (QED) is 0.543. The molecule has 1 rings (SSSR count). The van der Waals surface area contributed by atoms with Gasteiger partial charge in [0.15, 0.2) is 0 Å². The number of aromatic amines is 1. The van der Waals surface area contributed by atoms with Crippen LogP contribution in [0.15, 0.2) is 12.5 Å². The Kier molecular flexibility index (Phi) is 4.61. The molecule has 0 saturated heterocycles. The number of rotatable bonds is 6. The van der Waals surface area contributed by atoms with E-state index in [1.165, 1.54) is 26.7 Å². The summed E-state index contributed by atoms with van der Waals surface area (Å²) in [5.41, 5.74) is 0.624. The highest BCUT2D eigenvalue weighted by atomic mass is 32.2. The molecule has 0 unspecified atom stereocenters. The van der Waals surface area contributed by atoms with E-state index in [4.69, 9.17) is 0 Å². The average molecular weight is 262 g/mol. The Morgan fingerprint density at radius 3 is 2.82 bits per heavy atom. The number of H-pyrrole nitrogens is 1. The first kappa shape index (κ1) is 13.6. The Morgan fingerprint density at radius 1 is 1.65 bits per heavy atom. The molecular weight excluding hydrogens is 248 g/mol. The topological polar surface area (TPSA) is 113 Å². The van der Waals surface area contributed by atoms with E-state index in [1.807, 2.05) is 0 Å². The van der Waals surface area contributed by atoms with Gasteiger partial charge in [0.2, 0.25) is 0 Å². The van der Waals surface area contributed by atoms with Crippen molar-refractivity contribution in [2.75, 3.05) is 14.2 Å². The lowest BCUT2D eigenvalue weighted by atomic mass is 10.2. The van der Waals surface area contributed by atoms with Gasteiger partial charge in [-0.05, 0) is 0 Å². The Morgan fingerprint density at radius 2 is 2.35 bits per heavy atom. The summed E-state index contributed by atoms with van der Waals surface area (Å²) in [5, 5.41) is 0. The third-order valence-corrected chi connectivity index (χ3v) is 3.16. The summed E-state index contributed by atoms with van der Waals surface area (Å²) in [5.74, 6) is -0.668. The third kappa shape index (κ3) is 4.13. The largest absolute Gasteiger partial charge is 0.468 e. The van der Waals surface area contributed by atoms with E-state index >= 15 is 0 Å². The maximum Gasteiger partial charge on any atom is 0.324 e. The molecule has 8 nitrogen and oxygen atoms in total. The molecule has 0 aliphatic carbocycles. The summed E-state index contributed by atoms with van der Waals surface area (Å²) in [6, 6.07) is -1.00. The molecule has 1 aromatic rings. The number of carbonyl (C=O) groups is 1. The number of nitrogens with one attached hydrogen (secondary N) is 3. The Bertz CT molecular complexity index is 456. The summed E-state index contributed by atoms with van der Waals surface area (Å²) < 4.78 is 31.4. The van der Waals surface area contributed by atoms with E-state index in [-0.39, 0.29) is 6.42 Å². The van der Waals surface area contributed by atoms with E-state index in [2.05, 4.69) is 24.1 Å². The minimum atomic E-state index is -3.71. The number of esters is 1. The van der Waals surface area contributed by atoms with E-state index in [9.17, 15) is 13.2 Å². The lowest BCUT2D eigenvalue weighted by molar-refractivity contribution is -0.142. The van der Waals surface area contributed by atoms with Crippen LogP contribution in [0, 0.1) is 0 Å². The van der Waals surface area contributed by atoms with Gasteiger partial charge in [-0.15, -0.1) is 0 Å². The monoisotopic (exact) mass is 262 g/mol. The molecule has 1 atom stereocenters. The average Bonchev–Trinajstić information content (AvgIpc) is 2.79. The van der Waals surface area contributed by atoms with E-state index in [0.29, 0.717) is 5.69 Å². The van der Waals surface area contributed by atoms with Gasteiger partial charge < -0.3 is 9.72 Å². The highest BCUT2D eigenvalue weighted by Gasteiger charge is 2.25. The molecule has 0 amide bonds. The number of hydrogen-bond acceptors (Lipinski definition) is 5. The van der Waals surface area contributed by atoms with E-state index in [0.717, 1.165) is 0 Å². The van der Waals surface area contributed by atoms with Gasteiger partial charge in [-0.3, -0.25) is 4.79 Å². The molecule has 0 saturated carbocycles. The van der Waals surface area contributed by atoms with Crippen LogP contribution < -0.4 is 9.44 Å². The standard InChI is InChI=1S/C8H14N4O4S/c1-9-17(14,15)12-7(8(13)16-2)3-6-4-10-5-11-6/h4-5,7,9,12H,3H2,1-2H3,(H,10,11)/t7-/m0/s1. The second-order valence-corrected chi connectivity index (χ2v) is 4.83. The fourth-order valence-electron chi connectivity index (χ4n) is 1.18. The number of ether oxygens (including phenoxy) is 1. The molecular formula is C8H14N4O4S. The van der Waals surface area contributed by atoms with E-state index in [1.54, 1.807) is 0 Å². The normalized spacial score (nSPS) is 13.3. The molecule has 1 heterocycles. The third-order valence-electron chi connectivity index (χ3n) is 2.03. The first-order valence-corrected chi connectivity index (χ1v) is 6.22. The molecule has 0 fully saturated rings. The van der Waals surface area contributed by atoms with Gasteiger partial charge in [0.05, 0.1) is 13.4 Å². The Balaban J connectivity index is 2.78. The van der Waals surface area contributed by atoms with Crippen molar-refractivity contribution in [2.24, 2.45) is 0 Å². The van der Waals surface area contributed by atoms with Gasteiger partial charge in [0, 0.05) is 25.4 Å². The molecule has 17 heavy (non-hydrogen) atoms. The van der Waals surface area contributed by atoms with Gasteiger partial charge in [0.25, 0.3) is 10.2 Å². The molecule has 9 heteroatoms. The number of aromatic nitrogens is 2. The van der Waals surface area contributed by atoms with Gasteiger partial charge in [0.1, 0.15) is 6.04 Å². The van der Waals surface area contributed by atoms with Crippen LogP contribution in [0.25, 0.3) is 0 Å². The Hall–Kier alpha value is -1.45. The molecule has 0 bridgehead atoms. The summed E-state index contributed by atoms with van der Waals surface area (Å²) in [6.07, 6.45) is 3.08. The van der Waals surface area contributed by atoms with Crippen molar-refractivity contribution in [3.63, 3.8) is 0 Å².